The van der Waals surface area contributed by atoms with Crippen molar-refractivity contribution in [3.05, 3.63) is 22.2 Å². The Morgan fingerprint density at radius 2 is 1.81 bits per heavy atom. The summed E-state index contributed by atoms with van der Waals surface area (Å²) in [6.45, 7) is 6.68. The number of nitrogens with zero attached hydrogens (tertiary/aromatic N) is 1. The van der Waals surface area contributed by atoms with Gasteiger partial charge in [-0.3, -0.25) is 9.69 Å². The zero-order valence-corrected chi connectivity index (χ0v) is 13.8. The average Bonchev–Trinajstić information content (AvgIpc) is 2.32. The maximum atomic E-state index is 12.2. The van der Waals surface area contributed by atoms with Gasteiger partial charge in [0.15, 0.2) is 0 Å². The fourth-order valence-electron chi connectivity index (χ4n) is 3.02. The van der Waals surface area contributed by atoms with E-state index in [0.717, 1.165) is 13.1 Å². The Morgan fingerprint density at radius 3 is 2.33 bits per heavy atom. The number of rotatable bonds is 3. The highest BCUT2D eigenvalue weighted by atomic mass is 35.5. The lowest BCUT2D eigenvalue weighted by atomic mass is 9.92. The summed E-state index contributed by atoms with van der Waals surface area (Å²) < 4.78 is 0. The van der Waals surface area contributed by atoms with Crippen LogP contribution in [0.5, 0.6) is 0 Å². The number of piperidine rings is 1. The summed E-state index contributed by atoms with van der Waals surface area (Å²) in [5.74, 6) is 1.13. The van der Waals surface area contributed by atoms with Crippen LogP contribution in [0.15, 0.2) is 12.1 Å². The topological polar surface area (TPSA) is 58.4 Å². The van der Waals surface area contributed by atoms with E-state index in [0.29, 0.717) is 39.8 Å². The Bertz CT molecular complexity index is 503. The minimum atomic E-state index is -0.107. The van der Waals surface area contributed by atoms with E-state index in [2.05, 4.69) is 24.1 Å². The molecule has 0 spiro atoms. The third kappa shape index (κ3) is 4.50. The van der Waals surface area contributed by atoms with Crippen molar-refractivity contribution in [2.24, 2.45) is 11.8 Å². The van der Waals surface area contributed by atoms with Crippen LogP contribution >= 0.6 is 23.2 Å². The van der Waals surface area contributed by atoms with E-state index in [1.54, 1.807) is 12.1 Å². The van der Waals surface area contributed by atoms with Crippen LogP contribution in [0.25, 0.3) is 0 Å². The quantitative estimate of drug-likeness (QED) is 0.834. The molecular formula is C15H21Cl2N3O. The normalized spacial score (nSPS) is 23.0. The summed E-state index contributed by atoms with van der Waals surface area (Å²) >= 11 is 12.2. The van der Waals surface area contributed by atoms with Crippen LogP contribution < -0.4 is 11.1 Å². The standard InChI is InChI=1S/C15H21Cl2N3O/c1-9-3-10(2)7-20(6-9)8-14(21)19-15-12(16)4-11(18)5-13(15)17/h4-5,9-10H,3,6-8,18H2,1-2H3,(H,19,21). The van der Waals surface area contributed by atoms with Gasteiger partial charge in [-0.15, -0.1) is 0 Å². The number of amides is 1. The zero-order chi connectivity index (χ0) is 15.6. The Kier molecular flexibility index (Phi) is 5.36. The second kappa shape index (κ2) is 6.86. The number of likely N-dealkylation sites (tertiary alicyclic amines) is 1. The van der Waals surface area contributed by atoms with Crippen molar-refractivity contribution < 1.29 is 4.79 Å². The number of nitrogens with one attached hydrogen (secondary N) is 1. The van der Waals surface area contributed by atoms with Gasteiger partial charge in [-0.25, -0.2) is 0 Å². The Hall–Kier alpha value is -0.970. The van der Waals surface area contributed by atoms with E-state index in [-0.39, 0.29) is 5.91 Å². The van der Waals surface area contributed by atoms with E-state index in [4.69, 9.17) is 28.9 Å². The van der Waals surface area contributed by atoms with Crippen molar-refractivity contribution in [1.29, 1.82) is 0 Å². The van der Waals surface area contributed by atoms with Crippen LogP contribution in [0.4, 0.5) is 11.4 Å². The molecule has 2 atom stereocenters. The molecule has 116 valence electrons. The Labute approximate surface area is 135 Å². The third-order valence-corrected chi connectivity index (χ3v) is 4.24. The van der Waals surface area contributed by atoms with E-state index in [1.807, 2.05) is 0 Å². The first-order chi connectivity index (χ1) is 9.85. The minimum absolute atomic E-state index is 0.107. The second-order valence-electron chi connectivity index (χ2n) is 6.05. The van der Waals surface area contributed by atoms with Gasteiger partial charge in [-0.1, -0.05) is 37.0 Å². The maximum Gasteiger partial charge on any atom is 0.238 e. The average molecular weight is 330 g/mol. The zero-order valence-electron chi connectivity index (χ0n) is 12.3. The van der Waals surface area contributed by atoms with E-state index < -0.39 is 0 Å². The molecule has 0 aromatic heterocycles. The van der Waals surface area contributed by atoms with Crippen LogP contribution in [0.1, 0.15) is 20.3 Å². The molecule has 4 nitrogen and oxygen atoms in total. The van der Waals surface area contributed by atoms with Crippen molar-refractivity contribution in [1.82, 2.24) is 4.90 Å². The number of nitrogens with two attached hydrogens (primary N) is 1. The van der Waals surface area contributed by atoms with Crippen LogP contribution in [-0.4, -0.2) is 30.4 Å². The largest absolute Gasteiger partial charge is 0.399 e. The highest BCUT2D eigenvalue weighted by Crippen LogP contribution is 2.32. The van der Waals surface area contributed by atoms with Crippen LogP contribution in [0.3, 0.4) is 0 Å². The molecule has 0 radical (unpaired) electrons. The first-order valence-corrected chi connectivity index (χ1v) is 7.87. The number of halogens is 2. The van der Waals surface area contributed by atoms with Crippen molar-refractivity contribution in [3.63, 3.8) is 0 Å². The molecule has 1 saturated heterocycles. The minimum Gasteiger partial charge on any atom is -0.399 e. The van der Waals surface area contributed by atoms with Gasteiger partial charge < -0.3 is 11.1 Å². The summed E-state index contributed by atoms with van der Waals surface area (Å²) in [6.07, 6.45) is 1.22. The lowest BCUT2D eigenvalue weighted by molar-refractivity contribution is -0.117. The molecule has 1 fully saturated rings. The van der Waals surface area contributed by atoms with Crippen LogP contribution in [0, 0.1) is 11.8 Å². The number of carbonyl (C=O) groups excluding carboxylic acids is 1. The van der Waals surface area contributed by atoms with Crippen molar-refractivity contribution in [2.45, 2.75) is 20.3 Å². The van der Waals surface area contributed by atoms with Crippen LogP contribution in [-0.2, 0) is 4.79 Å². The summed E-state index contributed by atoms with van der Waals surface area (Å²) in [6, 6.07) is 3.15. The maximum absolute atomic E-state index is 12.2. The van der Waals surface area contributed by atoms with Gasteiger partial charge >= 0.3 is 0 Å². The Morgan fingerprint density at radius 1 is 1.29 bits per heavy atom. The molecule has 0 saturated carbocycles. The molecule has 2 rings (SSSR count). The molecule has 1 aromatic carbocycles. The van der Waals surface area contributed by atoms with E-state index in [1.165, 1.54) is 6.42 Å². The molecular weight excluding hydrogens is 309 g/mol. The molecule has 1 aromatic rings. The monoisotopic (exact) mass is 329 g/mol. The van der Waals surface area contributed by atoms with Gasteiger partial charge in [0.05, 0.1) is 22.3 Å². The van der Waals surface area contributed by atoms with Gasteiger partial charge in [0.2, 0.25) is 5.91 Å². The fraction of sp³-hybridized carbons (Fsp3) is 0.533. The third-order valence-electron chi connectivity index (χ3n) is 3.64. The summed E-state index contributed by atoms with van der Waals surface area (Å²) in [5, 5.41) is 3.49. The lowest BCUT2D eigenvalue weighted by Crippen LogP contribution is -2.42. The highest BCUT2D eigenvalue weighted by Gasteiger charge is 2.23. The first kappa shape index (κ1) is 16.4. The number of benzene rings is 1. The number of hydrogen-bond acceptors (Lipinski definition) is 3. The predicted octanol–water partition coefficient (Wildman–Crippen LogP) is 3.49. The van der Waals surface area contributed by atoms with Crippen molar-refractivity contribution in [3.8, 4) is 0 Å². The first-order valence-electron chi connectivity index (χ1n) is 7.12. The summed E-state index contributed by atoms with van der Waals surface area (Å²) in [4.78, 5) is 14.4. The number of anilines is 2. The number of nitrogen functional groups attached to an aromatic ring is 1. The Balaban J connectivity index is 1.99. The van der Waals surface area contributed by atoms with Gasteiger partial charge in [0.25, 0.3) is 0 Å². The molecule has 2 unspecified atom stereocenters. The van der Waals surface area contributed by atoms with Crippen molar-refractivity contribution >= 4 is 40.5 Å². The number of carbonyl (C=O) groups is 1. The number of hydrogen-bond donors (Lipinski definition) is 2. The molecule has 1 heterocycles. The molecule has 6 heteroatoms. The molecule has 0 bridgehead atoms. The smallest absolute Gasteiger partial charge is 0.238 e. The summed E-state index contributed by atoms with van der Waals surface area (Å²) in [7, 11) is 0. The molecule has 0 aliphatic carbocycles. The predicted molar refractivity (Wildman–Crippen MR) is 88.9 cm³/mol. The molecule has 1 amide bonds. The molecule has 1 aliphatic rings. The molecule has 21 heavy (non-hydrogen) atoms. The van der Waals surface area contributed by atoms with E-state index in [9.17, 15) is 4.79 Å². The van der Waals surface area contributed by atoms with Gasteiger partial charge in [0.1, 0.15) is 0 Å². The van der Waals surface area contributed by atoms with Gasteiger partial charge in [0, 0.05) is 18.8 Å². The van der Waals surface area contributed by atoms with E-state index >= 15 is 0 Å². The van der Waals surface area contributed by atoms with Crippen molar-refractivity contribution in [2.75, 3.05) is 30.7 Å². The summed E-state index contributed by atoms with van der Waals surface area (Å²) in [5.41, 5.74) is 6.55. The lowest BCUT2D eigenvalue weighted by Gasteiger charge is -2.34. The highest BCUT2D eigenvalue weighted by molar-refractivity contribution is 6.40. The fourth-order valence-corrected chi connectivity index (χ4v) is 3.61. The molecule has 1 aliphatic heterocycles. The molecule has 3 N–H and O–H groups in total. The second-order valence-corrected chi connectivity index (χ2v) is 6.86. The van der Waals surface area contributed by atoms with Crippen LogP contribution in [0.2, 0.25) is 10.0 Å². The van der Waals surface area contributed by atoms with Gasteiger partial charge in [-0.2, -0.15) is 0 Å². The SMILES string of the molecule is CC1CC(C)CN(CC(=O)Nc2c(Cl)cc(N)cc2Cl)C1. The van der Waals surface area contributed by atoms with Gasteiger partial charge in [-0.05, 0) is 30.4 Å².